The lowest BCUT2D eigenvalue weighted by molar-refractivity contribution is -0.0207. The van der Waals surface area contributed by atoms with Gasteiger partial charge in [-0.3, -0.25) is 0 Å². The van der Waals surface area contributed by atoms with E-state index in [2.05, 4.69) is 41.2 Å². The van der Waals surface area contributed by atoms with E-state index in [1.807, 2.05) is 11.0 Å². The summed E-state index contributed by atoms with van der Waals surface area (Å²) >= 11 is 0. The van der Waals surface area contributed by atoms with Gasteiger partial charge in [0.05, 0.1) is 5.71 Å². The fourth-order valence-electron chi connectivity index (χ4n) is 6.88. The van der Waals surface area contributed by atoms with Gasteiger partial charge < -0.3 is 5.21 Å². The number of nitrogens with zero attached hydrogens (tertiary/aromatic N) is 4. The van der Waals surface area contributed by atoms with Crippen LogP contribution < -0.4 is 0 Å². The second-order valence-electron chi connectivity index (χ2n) is 9.22. The molecule has 3 unspecified atom stereocenters. The zero-order valence-corrected chi connectivity index (χ0v) is 15.7. The summed E-state index contributed by atoms with van der Waals surface area (Å²) in [5.74, 6) is 2.25. The van der Waals surface area contributed by atoms with E-state index in [0.717, 1.165) is 36.8 Å². The van der Waals surface area contributed by atoms with Crippen LogP contribution >= 0.6 is 0 Å². The Morgan fingerprint density at radius 2 is 2.04 bits per heavy atom. The van der Waals surface area contributed by atoms with Crippen LogP contribution in [0.2, 0.25) is 0 Å². The molecule has 2 fully saturated rings. The van der Waals surface area contributed by atoms with Gasteiger partial charge in [-0.1, -0.05) is 30.7 Å². The normalized spacial score (nSPS) is 43.3. The van der Waals surface area contributed by atoms with E-state index >= 15 is 0 Å². The van der Waals surface area contributed by atoms with Crippen molar-refractivity contribution in [3.8, 4) is 0 Å². The lowest BCUT2D eigenvalue weighted by Crippen LogP contribution is -2.50. The second-order valence-corrected chi connectivity index (χ2v) is 9.22. The fourth-order valence-corrected chi connectivity index (χ4v) is 6.88. The first kappa shape index (κ1) is 16.3. The van der Waals surface area contributed by atoms with Gasteiger partial charge in [0.15, 0.2) is 0 Å². The summed E-state index contributed by atoms with van der Waals surface area (Å²) in [6, 6.07) is 0. The summed E-state index contributed by atoms with van der Waals surface area (Å²) in [6.45, 7) is 4.94. The Morgan fingerprint density at radius 1 is 1.15 bits per heavy atom. The van der Waals surface area contributed by atoms with Gasteiger partial charge in [-0.15, -0.1) is 0 Å². The average molecular weight is 352 g/mol. The molecule has 0 spiro atoms. The minimum absolute atomic E-state index is 0.221. The van der Waals surface area contributed by atoms with Crippen molar-refractivity contribution in [3.63, 3.8) is 0 Å². The van der Waals surface area contributed by atoms with E-state index < -0.39 is 0 Å². The molecular weight excluding hydrogens is 324 g/mol. The number of hydrogen-bond acceptors (Lipinski definition) is 4. The highest BCUT2D eigenvalue weighted by molar-refractivity contribution is 5.96. The van der Waals surface area contributed by atoms with Gasteiger partial charge >= 0.3 is 0 Å². The van der Waals surface area contributed by atoms with E-state index in [0.29, 0.717) is 5.92 Å². The van der Waals surface area contributed by atoms with E-state index in [1.165, 1.54) is 37.0 Å². The maximum Gasteiger partial charge on any atom is 0.138 e. The summed E-state index contributed by atoms with van der Waals surface area (Å²) < 4.78 is 2.00. The molecule has 4 aliphatic rings. The topological polar surface area (TPSA) is 63.3 Å². The van der Waals surface area contributed by atoms with Crippen LogP contribution in [-0.2, 0) is 0 Å². The first-order chi connectivity index (χ1) is 12.6. The van der Waals surface area contributed by atoms with E-state index in [-0.39, 0.29) is 10.8 Å². The third-order valence-corrected chi connectivity index (χ3v) is 8.31. The second kappa shape index (κ2) is 5.54. The van der Waals surface area contributed by atoms with Crippen molar-refractivity contribution in [2.75, 3.05) is 0 Å². The van der Waals surface area contributed by atoms with Crippen LogP contribution in [0.4, 0.5) is 0 Å². The van der Waals surface area contributed by atoms with Crippen LogP contribution in [0.25, 0.3) is 5.70 Å². The number of oxime groups is 1. The van der Waals surface area contributed by atoms with E-state index in [1.54, 1.807) is 6.33 Å². The third kappa shape index (κ3) is 2.06. The molecule has 1 aromatic heterocycles. The number of hydrogen-bond donors (Lipinski definition) is 1. The Hall–Kier alpha value is -1.91. The van der Waals surface area contributed by atoms with Crippen LogP contribution in [0.15, 0.2) is 35.5 Å². The molecule has 1 aromatic rings. The lowest BCUT2D eigenvalue weighted by Gasteiger charge is -2.57. The molecule has 1 N–H and O–H groups in total. The van der Waals surface area contributed by atoms with Crippen LogP contribution in [-0.4, -0.2) is 25.7 Å². The predicted octanol–water partition coefficient (Wildman–Crippen LogP) is 4.52. The van der Waals surface area contributed by atoms with Gasteiger partial charge in [0.25, 0.3) is 0 Å². The molecule has 5 heteroatoms. The molecule has 4 aliphatic carbocycles. The maximum absolute atomic E-state index is 9.20. The Balaban J connectivity index is 1.47. The molecule has 0 bridgehead atoms. The first-order valence-electron chi connectivity index (χ1n) is 10.0. The van der Waals surface area contributed by atoms with Crippen molar-refractivity contribution in [2.24, 2.45) is 33.7 Å². The summed E-state index contributed by atoms with van der Waals surface area (Å²) in [5, 5.41) is 17.1. The highest BCUT2D eigenvalue weighted by Crippen LogP contribution is 2.65. The molecule has 5 nitrogen and oxygen atoms in total. The van der Waals surface area contributed by atoms with Gasteiger partial charge in [-0.2, -0.15) is 5.10 Å². The van der Waals surface area contributed by atoms with Crippen molar-refractivity contribution in [1.29, 1.82) is 0 Å². The molecular formula is C21H28N4O. The van der Waals surface area contributed by atoms with E-state index in [4.69, 9.17) is 0 Å². The Morgan fingerprint density at radius 3 is 2.81 bits per heavy atom. The Kier molecular flexibility index (Phi) is 3.47. The number of allylic oxidation sites excluding steroid dienone is 4. The highest BCUT2D eigenvalue weighted by Gasteiger charge is 2.57. The molecule has 1 heterocycles. The third-order valence-electron chi connectivity index (χ3n) is 8.31. The molecule has 5 atom stereocenters. The van der Waals surface area contributed by atoms with Gasteiger partial charge in [0, 0.05) is 11.1 Å². The zero-order chi connectivity index (χ0) is 17.9. The highest BCUT2D eigenvalue weighted by atomic mass is 16.4. The van der Waals surface area contributed by atoms with Gasteiger partial charge in [0.2, 0.25) is 0 Å². The minimum atomic E-state index is 0.221. The average Bonchev–Trinajstić information content (AvgIpc) is 3.27. The van der Waals surface area contributed by atoms with Crippen molar-refractivity contribution in [3.05, 3.63) is 30.4 Å². The number of aromatic nitrogens is 3. The summed E-state index contributed by atoms with van der Waals surface area (Å²) in [6.07, 6.45) is 16.3. The summed E-state index contributed by atoms with van der Waals surface area (Å²) in [7, 11) is 0. The quantitative estimate of drug-likeness (QED) is 0.597. The summed E-state index contributed by atoms with van der Waals surface area (Å²) in [4.78, 5) is 4.17. The smallest absolute Gasteiger partial charge is 0.138 e. The minimum Gasteiger partial charge on any atom is -0.411 e. The van der Waals surface area contributed by atoms with Crippen molar-refractivity contribution < 1.29 is 5.21 Å². The number of fused-ring (bicyclic) bond motifs is 5. The van der Waals surface area contributed by atoms with Crippen LogP contribution in [0.5, 0.6) is 0 Å². The molecule has 2 saturated carbocycles. The van der Waals surface area contributed by atoms with Crippen molar-refractivity contribution in [1.82, 2.24) is 14.8 Å². The molecule has 0 saturated heterocycles. The predicted molar refractivity (Wildman–Crippen MR) is 101 cm³/mol. The largest absolute Gasteiger partial charge is 0.411 e. The van der Waals surface area contributed by atoms with Crippen molar-refractivity contribution in [2.45, 2.75) is 58.8 Å². The van der Waals surface area contributed by atoms with Gasteiger partial charge in [-0.05, 0) is 74.2 Å². The first-order valence-corrected chi connectivity index (χ1v) is 10.0. The van der Waals surface area contributed by atoms with Crippen molar-refractivity contribution >= 4 is 11.4 Å². The molecule has 5 rings (SSSR count). The van der Waals surface area contributed by atoms with Gasteiger partial charge in [-0.25, -0.2) is 9.67 Å². The monoisotopic (exact) mass is 352 g/mol. The molecule has 0 radical (unpaired) electrons. The van der Waals surface area contributed by atoms with Crippen LogP contribution in [0, 0.1) is 28.6 Å². The molecule has 0 aromatic carbocycles. The fraction of sp³-hybridized carbons (Fsp3) is 0.667. The van der Waals surface area contributed by atoms with Gasteiger partial charge in [0.1, 0.15) is 12.7 Å². The molecule has 0 amide bonds. The standard InChI is InChI=1S/C21H28N4O/c1-20-9-7-15(24-26)11-14(20)3-4-16-17-5-6-19(25-13-22-12-23-25)21(17,2)10-8-18(16)20/h6,11-13,16-18,26H,3-5,7-10H2,1-2H3/b24-15+/t16?,17?,18?,20-,21-/m0/s1. The molecule has 0 aliphatic heterocycles. The Bertz CT molecular complexity index is 808. The Labute approximate surface area is 154 Å². The SMILES string of the molecule is C[C@]12CC/C(=N\O)C=C1CCC1C2CC[C@]2(C)C(n3cncn3)=CCC12. The zero-order valence-electron chi connectivity index (χ0n) is 15.7. The summed E-state index contributed by atoms with van der Waals surface area (Å²) in [5.41, 5.74) is 4.27. The number of rotatable bonds is 1. The molecule has 26 heavy (non-hydrogen) atoms. The van der Waals surface area contributed by atoms with Crippen LogP contribution in [0.3, 0.4) is 0 Å². The maximum atomic E-state index is 9.20. The molecule has 138 valence electrons. The van der Waals surface area contributed by atoms with E-state index in [9.17, 15) is 5.21 Å². The van der Waals surface area contributed by atoms with Crippen LogP contribution in [0.1, 0.15) is 58.8 Å². The lowest BCUT2D eigenvalue weighted by atomic mass is 9.47.